The van der Waals surface area contributed by atoms with Crippen LogP contribution in [-0.2, 0) is 0 Å². The lowest BCUT2D eigenvalue weighted by molar-refractivity contribution is 0.329. The predicted octanol–water partition coefficient (Wildman–Crippen LogP) is 10.5. The first-order chi connectivity index (χ1) is 69.1. The van der Waals surface area contributed by atoms with Gasteiger partial charge in [0.15, 0.2) is 183 Å². The van der Waals surface area contributed by atoms with Gasteiger partial charge in [-0.3, -0.25) is 0 Å². The average molecular weight is 2060 g/mol. The second-order valence-corrected chi connectivity index (χ2v) is 32.8. The number of rotatable bonds is 6. The highest BCUT2D eigenvalue weighted by Crippen LogP contribution is 2.76. The summed E-state index contributed by atoms with van der Waals surface area (Å²) in [5, 5.41) is 584. The highest BCUT2D eigenvalue weighted by molar-refractivity contribution is 6.38. The van der Waals surface area contributed by atoms with Gasteiger partial charge in [-0.05, 0) is 12.1 Å². The third kappa shape index (κ3) is 10.9. The van der Waals surface area contributed by atoms with Gasteiger partial charge in [0.05, 0.1) is 54.4 Å². The summed E-state index contributed by atoms with van der Waals surface area (Å²) in [6, 6.07) is 1.25. The molecule has 56 nitrogen and oxygen atoms in total. The quantitative estimate of drug-likeness (QED) is 0.0418. The highest BCUT2D eigenvalue weighted by atomic mass is 16.4. The van der Waals surface area contributed by atoms with E-state index in [0.717, 1.165) is 0 Å². The Labute approximate surface area is 800 Å². The van der Waals surface area contributed by atoms with Gasteiger partial charge in [0.2, 0.25) is 126 Å². The Hall–Kier alpha value is -23.2. The van der Waals surface area contributed by atoms with Crippen molar-refractivity contribution in [2.24, 2.45) is 0 Å². The lowest BCUT2D eigenvalue weighted by Crippen LogP contribution is -1.98. The standard InChI is InChI=1S/C50H30O30.C42H26O26/c51-3-1-2-4(25(56)22(3)53)23(54)19-20-24(55)17(38(69)48(79)50(20)80-49(19)21(2)52)6-10-7(28(59)40(71)42(73)30(10)61)5(8-11(6)31(62)43(74)41(72)29(8)60)9-12-14(34(65)45(76)44(75)33(12)64)13(27(58)26(9)57)15-16-18(36(67)39(70)32(15)63)37(68)47(78)46(77)35(16)66;43-3-1-2-4(21(48)18(3)45)19(46)15-16-20(47)13(30(57)40(67)42(16)68-41(15)17(2)44)6-10-7(22(49)31(58)34(61)25(10)52)5(8-11(6)26(53)35(62)32(59)23(8)50)9-12(27(54)36(63)33(60)24(9)51)14-28(55)37(64)39(66)38(65)29(14)56/h1,51-79H;1,43-67H. The molecule has 0 saturated heterocycles. The van der Waals surface area contributed by atoms with Crippen LogP contribution in [0.25, 0.3) is 197 Å². The van der Waals surface area contributed by atoms with Gasteiger partial charge < -0.3 is 285 Å². The largest absolute Gasteiger partial charge is 0.506 e. The molecule has 148 heavy (non-hydrogen) atoms. The third-order valence-corrected chi connectivity index (χ3v) is 25.5. The zero-order valence-corrected chi connectivity index (χ0v) is 71.1. The Morgan fingerprint density at radius 1 is 0.0878 bits per heavy atom. The molecule has 0 amide bonds. The van der Waals surface area contributed by atoms with Crippen molar-refractivity contribution in [1.29, 1.82) is 0 Å². The van der Waals surface area contributed by atoms with Crippen LogP contribution in [-0.4, -0.2) is 276 Å². The molecular weight excluding hydrogens is 2000 g/mol. The number of hydrogen-bond donors (Lipinski definition) is 54. The molecule has 56 heteroatoms. The second-order valence-electron chi connectivity index (χ2n) is 32.8. The summed E-state index contributed by atoms with van der Waals surface area (Å²) in [6.45, 7) is 0. The number of hydrogen-bond acceptors (Lipinski definition) is 56. The maximum absolute atomic E-state index is 12.4. The van der Waals surface area contributed by atoms with Gasteiger partial charge in [0.25, 0.3) is 0 Å². The maximum atomic E-state index is 12.4. The van der Waals surface area contributed by atoms with Crippen molar-refractivity contribution < 1.29 is 285 Å². The monoisotopic (exact) mass is 2060 g/mol. The van der Waals surface area contributed by atoms with Crippen molar-refractivity contribution in [1.82, 2.24) is 0 Å². The van der Waals surface area contributed by atoms with Gasteiger partial charge in [-0.2, -0.15) is 0 Å². The van der Waals surface area contributed by atoms with E-state index in [4.69, 9.17) is 8.83 Å². The predicted molar refractivity (Wildman–Crippen MR) is 490 cm³/mol. The topological polar surface area (TPSA) is 1120 Å². The molecule has 760 valence electrons. The van der Waals surface area contributed by atoms with Crippen LogP contribution in [0.15, 0.2) is 21.0 Å². The summed E-state index contributed by atoms with van der Waals surface area (Å²) in [7, 11) is 0. The van der Waals surface area contributed by atoms with Crippen LogP contribution >= 0.6 is 0 Å². The molecule has 20 aromatic rings. The fourth-order valence-electron chi connectivity index (χ4n) is 18.8. The van der Waals surface area contributed by atoms with Crippen LogP contribution in [0.2, 0.25) is 0 Å². The van der Waals surface area contributed by atoms with Crippen LogP contribution in [0, 0.1) is 0 Å². The molecule has 2 aromatic heterocycles. The number of fused-ring (bicyclic) bond motifs is 14. The summed E-state index contributed by atoms with van der Waals surface area (Å²) in [5.41, 5.74) is -22.0. The smallest absolute Gasteiger partial charge is 0.208 e. The Kier molecular flexibility index (Phi) is 18.8. The van der Waals surface area contributed by atoms with E-state index in [1.807, 2.05) is 0 Å². The number of benzene rings is 18. The normalized spacial score (nSPS) is 11.9. The SMILES string of the molecule is Oc1cc2c(O)c3oc4c(O)c(O)c(-c5c6c(O)c(O)c(O)c(O)c6c(-c6c(O)c(O)c(-c7c(O)c(O)c(O)c8c(O)c(O)c(O)c(O)c78)c7c(O)c(O)c(O)c(O)c67)c6c(O)c(O)c(O)c(O)c56)c(O)c4c3c(O)c2c(O)c1O.Oc1cc2c(O)c3oc4c(O)c(O)c(-c5c6c(O)c(O)c(O)c(O)c6c(-c6c(O)c(O)c(O)c(O)c6-c6c(O)c(O)c(O)c(O)c6O)c6c(O)c(O)c(O)c(O)c56)c(O)c4c3c(O)c2c(O)c1O. The van der Waals surface area contributed by atoms with E-state index in [1.165, 1.54) is 0 Å². The Morgan fingerprint density at radius 3 is 0.493 bits per heavy atom. The lowest BCUT2D eigenvalue weighted by atomic mass is 9.80. The van der Waals surface area contributed by atoms with E-state index in [-0.39, 0.29) is 0 Å². The number of furan rings is 2. The van der Waals surface area contributed by atoms with Crippen molar-refractivity contribution >= 4 is 130 Å². The zero-order chi connectivity index (χ0) is 109. The fourth-order valence-corrected chi connectivity index (χ4v) is 18.8. The van der Waals surface area contributed by atoms with Crippen molar-refractivity contribution in [3.8, 4) is 377 Å². The molecule has 0 radical (unpaired) electrons. The van der Waals surface area contributed by atoms with Gasteiger partial charge in [-0.1, -0.05) is 0 Å². The first kappa shape index (κ1) is 93.8. The molecule has 0 spiro atoms. The van der Waals surface area contributed by atoms with Gasteiger partial charge >= 0.3 is 0 Å². The second kappa shape index (κ2) is 29.7. The van der Waals surface area contributed by atoms with Crippen LogP contribution in [0.4, 0.5) is 0 Å². The molecule has 0 aliphatic heterocycles. The van der Waals surface area contributed by atoms with Gasteiger partial charge in [0, 0.05) is 120 Å². The van der Waals surface area contributed by atoms with E-state index >= 15 is 0 Å². The van der Waals surface area contributed by atoms with Crippen molar-refractivity contribution in [2.75, 3.05) is 0 Å². The lowest BCUT2D eigenvalue weighted by Gasteiger charge is -2.26. The molecule has 54 N–H and O–H groups in total. The van der Waals surface area contributed by atoms with Crippen LogP contribution < -0.4 is 0 Å². The van der Waals surface area contributed by atoms with Crippen molar-refractivity contribution in [3.05, 3.63) is 12.1 Å². The molecule has 0 unspecified atom stereocenters. The molecule has 0 aliphatic rings. The van der Waals surface area contributed by atoms with E-state index in [9.17, 15) is 276 Å². The van der Waals surface area contributed by atoms with E-state index in [0.29, 0.717) is 12.1 Å². The minimum absolute atomic E-state index is 0.612. The molecule has 2 heterocycles. The van der Waals surface area contributed by atoms with Crippen LogP contribution in [0.1, 0.15) is 0 Å². The molecule has 0 aliphatic carbocycles. The van der Waals surface area contributed by atoms with Gasteiger partial charge in [-0.15, -0.1) is 0 Å². The zero-order valence-electron chi connectivity index (χ0n) is 71.1. The summed E-state index contributed by atoms with van der Waals surface area (Å²) < 4.78 is 11.0. The molecule has 0 saturated carbocycles. The summed E-state index contributed by atoms with van der Waals surface area (Å²) >= 11 is 0. The van der Waals surface area contributed by atoms with E-state index in [2.05, 4.69) is 0 Å². The number of phenols is 54. The van der Waals surface area contributed by atoms with Crippen LogP contribution in [0.5, 0.6) is 310 Å². The molecule has 18 aromatic carbocycles. The minimum Gasteiger partial charge on any atom is -0.506 e. The molecule has 0 atom stereocenters. The first-order valence-corrected chi connectivity index (χ1v) is 40.0. The van der Waals surface area contributed by atoms with Gasteiger partial charge in [-0.25, -0.2) is 0 Å². The number of phenolic OH excluding ortho intramolecular Hbond substituents is 54. The highest BCUT2D eigenvalue weighted by Gasteiger charge is 2.47. The summed E-state index contributed by atoms with van der Waals surface area (Å²) in [5.74, 6) is -89.2. The summed E-state index contributed by atoms with van der Waals surface area (Å²) in [6.07, 6.45) is 0. The van der Waals surface area contributed by atoms with E-state index < -0.39 is 507 Å². The Morgan fingerprint density at radius 2 is 0.230 bits per heavy atom. The third-order valence-electron chi connectivity index (χ3n) is 25.5. The van der Waals surface area contributed by atoms with Crippen LogP contribution in [0.3, 0.4) is 0 Å². The number of aromatic hydroxyl groups is 54. The molecule has 0 fully saturated rings. The maximum Gasteiger partial charge on any atom is 0.208 e. The minimum atomic E-state index is -1.97. The summed E-state index contributed by atoms with van der Waals surface area (Å²) in [4.78, 5) is 0. The van der Waals surface area contributed by atoms with Gasteiger partial charge in [0.1, 0.15) is 23.0 Å². The van der Waals surface area contributed by atoms with E-state index in [1.54, 1.807) is 0 Å². The first-order valence-electron chi connectivity index (χ1n) is 40.0. The molecule has 0 bridgehead atoms. The molecule has 20 rings (SSSR count). The molecular formula is C92H56O56. The average Bonchev–Trinajstić information content (AvgIpc) is 1.16. The Bertz CT molecular complexity index is 9680. The fraction of sp³-hybridized carbons (Fsp3) is 0. The van der Waals surface area contributed by atoms with Crippen molar-refractivity contribution in [3.63, 3.8) is 0 Å². The Balaban J connectivity index is 0.000000189. The van der Waals surface area contributed by atoms with Crippen molar-refractivity contribution in [2.45, 2.75) is 0 Å².